The summed E-state index contributed by atoms with van der Waals surface area (Å²) >= 11 is 0. The number of carboxylic acid groups (broad SMARTS) is 1. The first-order valence-electron chi connectivity index (χ1n) is 9.34. The summed E-state index contributed by atoms with van der Waals surface area (Å²) in [5, 5.41) is 20.2. The summed E-state index contributed by atoms with van der Waals surface area (Å²) in [6.07, 6.45) is 5.85. The number of fused-ring (bicyclic) bond motifs is 1. The lowest BCUT2D eigenvalue weighted by Crippen LogP contribution is -2.27. The molecule has 1 heterocycles. The molecule has 1 aliphatic heterocycles. The van der Waals surface area contributed by atoms with Crippen LogP contribution in [0.1, 0.15) is 59.7 Å². The molecule has 0 spiro atoms. The molecular formula is C21H26O6. The second-order valence-electron chi connectivity index (χ2n) is 7.40. The predicted octanol–water partition coefficient (Wildman–Crippen LogP) is 3.76. The SMILES string of the molecule is COc1c(C)c2c(c(O)c1C/C=C(\C)C1CCCCC1C(=O)O)C(=O)OC2. The van der Waals surface area contributed by atoms with Gasteiger partial charge >= 0.3 is 11.9 Å². The molecule has 1 fully saturated rings. The summed E-state index contributed by atoms with van der Waals surface area (Å²) in [6, 6.07) is 0. The second-order valence-corrected chi connectivity index (χ2v) is 7.40. The zero-order valence-electron chi connectivity index (χ0n) is 16.0. The number of benzene rings is 1. The highest BCUT2D eigenvalue weighted by atomic mass is 16.5. The lowest BCUT2D eigenvalue weighted by atomic mass is 9.75. The molecule has 1 aromatic rings. The highest BCUT2D eigenvalue weighted by molar-refractivity contribution is 5.98. The number of hydrogen-bond acceptors (Lipinski definition) is 5. The van der Waals surface area contributed by atoms with E-state index in [2.05, 4.69) is 0 Å². The number of carbonyl (C=O) groups excluding carboxylic acids is 1. The molecule has 2 aliphatic rings. The van der Waals surface area contributed by atoms with E-state index in [1.54, 1.807) is 0 Å². The van der Waals surface area contributed by atoms with Crippen LogP contribution in [0.5, 0.6) is 11.5 Å². The van der Waals surface area contributed by atoms with Gasteiger partial charge in [0.15, 0.2) is 0 Å². The molecule has 1 aromatic carbocycles. The molecule has 1 aliphatic carbocycles. The van der Waals surface area contributed by atoms with E-state index in [1.807, 2.05) is 19.9 Å². The number of phenolic OH excluding ortho intramolecular Hbond substituents is 1. The Bertz CT molecular complexity index is 808. The van der Waals surface area contributed by atoms with Gasteiger partial charge < -0.3 is 19.7 Å². The van der Waals surface area contributed by atoms with Crippen LogP contribution in [0.15, 0.2) is 11.6 Å². The molecule has 0 saturated heterocycles. The van der Waals surface area contributed by atoms with Crippen LogP contribution in [-0.2, 0) is 22.6 Å². The second kappa shape index (κ2) is 7.62. The van der Waals surface area contributed by atoms with Crippen molar-refractivity contribution in [3.8, 4) is 11.5 Å². The van der Waals surface area contributed by atoms with E-state index in [0.29, 0.717) is 29.7 Å². The standard InChI is InChI=1S/C21H26O6/c1-11(13-6-4-5-7-14(13)20(23)24)8-9-15-18(22)17-16(10-27-21(17)25)12(2)19(15)26-3/h8,13-14,22H,4-7,9-10H2,1-3H3,(H,23,24)/b11-8+. The van der Waals surface area contributed by atoms with Crippen molar-refractivity contribution in [3.05, 3.63) is 33.9 Å². The summed E-state index contributed by atoms with van der Waals surface area (Å²) < 4.78 is 10.6. The number of allylic oxidation sites excluding steroid dienone is 2. The largest absolute Gasteiger partial charge is 0.507 e. The maximum Gasteiger partial charge on any atom is 0.342 e. The number of rotatable bonds is 5. The third kappa shape index (κ3) is 3.40. The van der Waals surface area contributed by atoms with Crippen molar-refractivity contribution >= 4 is 11.9 Å². The maximum absolute atomic E-state index is 12.0. The third-order valence-corrected chi connectivity index (χ3v) is 5.94. The van der Waals surface area contributed by atoms with Crippen LogP contribution in [0.25, 0.3) is 0 Å². The monoisotopic (exact) mass is 374 g/mol. The predicted molar refractivity (Wildman–Crippen MR) is 99.1 cm³/mol. The third-order valence-electron chi connectivity index (χ3n) is 5.94. The molecule has 1 saturated carbocycles. The van der Waals surface area contributed by atoms with Gasteiger partial charge in [0.1, 0.15) is 23.7 Å². The number of esters is 1. The topological polar surface area (TPSA) is 93.1 Å². The molecule has 3 rings (SSSR count). The number of aliphatic carboxylic acids is 1. The Kier molecular flexibility index (Phi) is 5.44. The highest BCUT2D eigenvalue weighted by Gasteiger charge is 2.33. The number of methoxy groups -OCH3 is 1. The lowest BCUT2D eigenvalue weighted by Gasteiger charge is -2.29. The lowest BCUT2D eigenvalue weighted by molar-refractivity contribution is -0.144. The van der Waals surface area contributed by atoms with Gasteiger partial charge in [-0.05, 0) is 44.6 Å². The molecule has 2 atom stereocenters. The van der Waals surface area contributed by atoms with Crippen LogP contribution in [0.3, 0.4) is 0 Å². The molecule has 0 amide bonds. The first-order valence-corrected chi connectivity index (χ1v) is 9.34. The van der Waals surface area contributed by atoms with Crippen LogP contribution < -0.4 is 4.74 Å². The van der Waals surface area contributed by atoms with Crippen LogP contribution in [0, 0.1) is 18.8 Å². The van der Waals surface area contributed by atoms with Crippen molar-refractivity contribution in [2.75, 3.05) is 7.11 Å². The Hall–Kier alpha value is -2.50. The van der Waals surface area contributed by atoms with E-state index in [9.17, 15) is 19.8 Å². The smallest absolute Gasteiger partial charge is 0.342 e. The van der Waals surface area contributed by atoms with Gasteiger partial charge in [0.2, 0.25) is 0 Å². The Morgan fingerprint density at radius 3 is 2.59 bits per heavy atom. The van der Waals surface area contributed by atoms with Gasteiger partial charge in [-0.2, -0.15) is 0 Å². The Morgan fingerprint density at radius 1 is 1.30 bits per heavy atom. The molecule has 6 heteroatoms. The summed E-state index contributed by atoms with van der Waals surface area (Å²) in [7, 11) is 1.54. The van der Waals surface area contributed by atoms with Crippen molar-refractivity contribution < 1.29 is 29.3 Å². The fourth-order valence-electron chi connectivity index (χ4n) is 4.41. The number of hydrogen-bond donors (Lipinski definition) is 2. The molecule has 2 N–H and O–H groups in total. The minimum atomic E-state index is -0.746. The summed E-state index contributed by atoms with van der Waals surface area (Å²) in [4.78, 5) is 23.6. The maximum atomic E-state index is 12.0. The van der Waals surface area contributed by atoms with E-state index in [1.165, 1.54) is 7.11 Å². The molecular weight excluding hydrogens is 348 g/mol. The molecule has 0 radical (unpaired) electrons. The van der Waals surface area contributed by atoms with Gasteiger partial charge in [0, 0.05) is 11.1 Å². The van der Waals surface area contributed by atoms with E-state index < -0.39 is 11.9 Å². The van der Waals surface area contributed by atoms with Crippen molar-refractivity contribution in [3.63, 3.8) is 0 Å². The van der Waals surface area contributed by atoms with Crippen molar-refractivity contribution in [2.45, 2.75) is 52.6 Å². The van der Waals surface area contributed by atoms with Crippen LogP contribution in [0.4, 0.5) is 0 Å². The van der Waals surface area contributed by atoms with Gasteiger partial charge in [-0.25, -0.2) is 4.79 Å². The summed E-state index contributed by atoms with van der Waals surface area (Å²) in [5.41, 5.74) is 3.21. The molecule has 0 bridgehead atoms. The van der Waals surface area contributed by atoms with Crippen molar-refractivity contribution in [1.82, 2.24) is 0 Å². The normalized spacial score (nSPS) is 22.3. The zero-order chi connectivity index (χ0) is 19.7. The Labute approximate surface area is 158 Å². The minimum absolute atomic E-state index is 0.00452. The van der Waals surface area contributed by atoms with Gasteiger partial charge in [-0.1, -0.05) is 24.5 Å². The van der Waals surface area contributed by atoms with Crippen LogP contribution in [0.2, 0.25) is 0 Å². The Balaban J connectivity index is 1.94. The van der Waals surface area contributed by atoms with Crippen molar-refractivity contribution in [2.24, 2.45) is 11.8 Å². The van der Waals surface area contributed by atoms with Crippen LogP contribution in [-0.4, -0.2) is 29.3 Å². The van der Waals surface area contributed by atoms with Gasteiger partial charge in [0.05, 0.1) is 13.0 Å². The van der Waals surface area contributed by atoms with E-state index >= 15 is 0 Å². The van der Waals surface area contributed by atoms with Crippen LogP contribution >= 0.6 is 0 Å². The average Bonchev–Trinajstić information content (AvgIpc) is 3.05. The number of cyclic esters (lactones) is 1. The van der Waals surface area contributed by atoms with E-state index in [4.69, 9.17) is 9.47 Å². The molecule has 2 unspecified atom stereocenters. The van der Waals surface area contributed by atoms with Crippen molar-refractivity contribution in [1.29, 1.82) is 0 Å². The number of ether oxygens (including phenoxy) is 2. The van der Waals surface area contributed by atoms with Gasteiger partial charge in [-0.3, -0.25) is 4.79 Å². The minimum Gasteiger partial charge on any atom is -0.507 e. The number of aromatic hydroxyl groups is 1. The quantitative estimate of drug-likeness (QED) is 0.602. The zero-order valence-corrected chi connectivity index (χ0v) is 16.0. The average molecular weight is 374 g/mol. The summed E-state index contributed by atoms with van der Waals surface area (Å²) in [6.45, 7) is 3.94. The van der Waals surface area contributed by atoms with Gasteiger partial charge in [-0.15, -0.1) is 0 Å². The molecule has 146 valence electrons. The number of phenols is 1. The molecule has 0 aromatic heterocycles. The highest BCUT2D eigenvalue weighted by Crippen LogP contribution is 2.42. The first kappa shape index (κ1) is 19.3. The number of carboxylic acids is 1. The van der Waals surface area contributed by atoms with E-state index in [0.717, 1.165) is 30.4 Å². The molecule has 27 heavy (non-hydrogen) atoms. The van der Waals surface area contributed by atoms with E-state index in [-0.39, 0.29) is 29.8 Å². The number of carbonyl (C=O) groups is 2. The fraction of sp³-hybridized carbons (Fsp3) is 0.524. The summed E-state index contributed by atoms with van der Waals surface area (Å²) in [5.74, 6) is -1.17. The Morgan fingerprint density at radius 2 is 1.96 bits per heavy atom. The molecule has 6 nitrogen and oxygen atoms in total. The van der Waals surface area contributed by atoms with Gasteiger partial charge in [0.25, 0.3) is 0 Å². The fourth-order valence-corrected chi connectivity index (χ4v) is 4.41. The first-order chi connectivity index (χ1) is 12.9.